The van der Waals surface area contributed by atoms with Crippen LogP contribution in [0.25, 0.3) is 25.1 Å². The number of thiophene rings is 1. The van der Waals surface area contributed by atoms with E-state index >= 15 is 0 Å². The second-order valence-electron chi connectivity index (χ2n) is 29.4. The number of rotatable bonds is 19. The van der Waals surface area contributed by atoms with Gasteiger partial charge in [-0.25, -0.2) is 34.8 Å². The lowest BCUT2D eigenvalue weighted by atomic mass is 9.49. The van der Waals surface area contributed by atoms with Gasteiger partial charge in [0.05, 0.1) is 27.2 Å². The van der Waals surface area contributed by atoms with Gasteiger partial charge in [0.15, 0.2) is 74.0 Å². The highest BCUT2D eigenvalue weighted by molar-refractivity contribution is 7.97. The summed E-state index contributed by atoms with van der Waals surface area (Å²) in [5, 5.41) is -14.7. The van der Waals surface area contributed by atoms with Gasteiger partial charge in [-0.05, 0) is 190 Å². The molecule has 4 aliphatic rings. The number of alkyl halides is 15. The molecule has 3 unspecified atom stereocenters. The Labute approximate surface area is 702 Å². The first-order valence-corrected chi connectivity index (χ1v) is 44.5. The molecule has 654 valence electrons. The first kappa shape index (κ1) is 97.9. The van der Waals surface area contributed by atoms with Crippen molar-refractivity contribution in [1.29, 1.82) is 0 Å². The zero-order chi connectivity index (χ0) is 90.6. The number of hydrogen-bond acceptors (Lipinski definition) is 15. The Balaban J connectivity index is 0.000000183. The number of fused-ring (bicyclic) bond motifs is 3. The van der Waals surface area contributed by atoms with E-state index in [1.54, 1.807) is 0 Å². The number of halogens is 15. The van der Waals surface area contributed by atoms with Gasteiger partial charge in [-0.2, -0.15) is 65.9 Å². The van der Waals surface area contributed by atoms with Crippen molar-refractivity contribution >= 4 is 101 Å². The van der Waals surface area contributed by atoms with Crippen LogP contribution in [0.4, 0.5) is 65.9 Å². The Morgan fingerprint density at radius 3 is 0.861 bits per heavy atom. The average molecular weight is 1830 g/mol. The van der Waals surface area contributed by atoms with E-state index in [9.17, 15) is 119 Å². The molecule has 4 fully saturated rings. The number of hydrogen-bond donors (Lipinski definition) is 0. The van der Waals surface area contributed by atoms with Crippen LogP contribution in [0.3, 0.4) is 0 Å². The van der Waals surface area contributed by atoms with Gasteiger partial charge in [0.25, 0.3) is 18.3 Å². The quantitative estimate of drug-likeness (QED) is 0.0182. The van der Waals surface area contributed by atoms with Gasteiger partial charge >= 0.3 is 52.2 Å². The van der Waals surface area contributed by atoms with Crippen LogP contribution in [-0.4, -0.2) is 109 Å². The maximum absolute atomic E-state index is 13.5. The van der Waals surface area contributed by atoms with E-state index in [4.69, 9.17) is 0 Å². The molecule has 0 radical (unpaired) electrons. The molecule has 4 aliphatic carbocycles. The Kier molecular flexibility index (Phi) is 31.7. The molecular formula is C86H79F15O15S6. The molecular weight excluding hydrogens is 1750 g/mol. The average Bonchev–Trinajstić information content (AvgIpc) is 0.983. The predicted octanol–water partition coefficient (Wildman–Crippen LogP) is 21.8. The lowest BCUT2D eigenvalue weighted by molar-refractivity contribution is -0.266. The number of carbonyl (C=O) groups excluding carboxylic acids is 3. The van der Waals surface area contributed by atoms with E-state index < -0.39 is 117 Å². The standard InChI is InChI=1S/C22H23S.C18H13S.C18H15S.C14H17F5O5S.2C7H7F5O5S/c1-22(2,3)18-14-16-21(17-15-18)23(19-10-6-4-7-11-19)20-12-8-5-9-13-20;1-2-8-14(9-3-1)19-17-12-6-4-10-15(17)16-11-5-7-13-18(16)19;1-4-10-16(11-5-1)19(17-12-6-2-7-13-17)18-14-8-3-9-15-18;15-13(16,17)10(14(18,19)25(21,22)23)24-11(20)12-4-7-1-8(5-12)3-9(2-7)6-12;2*1-3(2)4(13)17-5(6(8,9)10)7(11,12)18(14,15)16/h4-17H,1-3H3;1-13H;1-15H;7-10H,1-6H2,(H,21,22,23);2*5H,1H2,2H3,(H,14,15,16)/q3*+1;;;/p-3. The number of benzene rings is 9. The normalized spacial score (nSPS) is 17.5. The third-order valence-electron chi connectivity index (χ3n) is 19.0. The van der Waals surface area contributed by atoms with Crippen LogP contribution in [0, 0.1) is 23.2 Å². The summed E-state index contributed by atoms with van der Waals surface area (Å²) in [5.41, 5.74) is -1.07. The van der Waals surface area contributed by atoms with Crippen molar-refractivity contribution < 1.29 is 133 Å². The van der Waals surface area contributed by atoms with Gasteiger partial charge in [0.2, 0.25) is 0 Å². The SMILES string of the molecule is C=C(C)C(=O)OC(C(F)(F)F)C(F)(F)S(=O)(=O)[O-].C=C(C)C(=O)OC(C(F)(F)F)C(F)(F)S(=O)(=O)[O-].CC(C)(C)c1ccc([S+](c2ccccc2)c2ccccc2)cc1.O=C(OC(C(F)(F)F)C(F)(F)S(=O)(=O)[O-])C12CC3CC(CC(C3)C1)C2.c1ccc(-[s+]2c3ccccc3c3ccccc32)cc1.c1ccc([S+](c2ccccc2)c2ccccc2)cc1. The van der Waals surface area contributed by atoms with Gasteiger partial charge in [0.1, 0.15) is 0 Å². The second kappa shape index (κ2) is 39.5. The van der Waals surface area contributed by atoms with E-state index in [0.29, 0.717) is 0 Å². The Morgan fingerprint density at radius 1 is 0.377 bits per heavy atom. The molecule has 0 amide bonds. The molecule has 3 atom stereocenters. The second-order valence-corrected chi connectivity index (χ2v) is 39.7. The van der Waals surface area contributed by atoms with Crippen LogP contribution in [0.2, 0.25) is 0 Å². The minimum atomic E-state index is -6.67. The maximum Gasteiger partial charge on any atom is 0.432 e. The molecule has 122 heavy (non-hydrogen) atoms. The lowest BCUT2D eigenvalue weighted by Crippen LogP contribution is -2.56. The Hall–Kier alpha value is -9.53. The summed E-state index contributed by atoms with van der Waals surface area (Å²) in [7, 11) is -20.0. The van der Waals surface area contributed by atoms with Crippen LogP contribution >= 0.6 is 10.5 Å². The van der Waals surface area contributed by atoms with E-state index in [1.165, 1.54) is 60.0 Å². The summed E-state index contributed by atoms with van der Waals surface area (Å²) in [6.45, 7) is 14.1. The summed E-state index contributed by atoms with van der Waals surface area (Å²) in [6, 6.07) is 91.3. The van der Waals surface area contributed by atoms with Crippen LogP contribution < -0.4 is 0 Å². The van der Waals surface area contributed by atoms with Crippen molar-refractivity contribution in [1.82, 2.24) is 0 Å². The number of carbonyl (C=O) groups is 3. The molecule has 10 aromatic rings. The molecule has 0 spiro atoms. The highest BCUT2D eigenvalue weighted by atomic mass is 32.2. The lowest BCUT2D eigenvalue weighted by Gasteiger charge is -2.55. The fraction of sp³-hybridized carbons (Fsp3) is 0.291. The molecule has 36 heteroatoms. The maximum atomic E-state index is 13.5. The van der Waals surface area contributed by atoms with E-state index in [2.05, 4.69) is 303 Å². The molecule has 9 aromatic carbocycles. The summed E-state index contributed by atoms with van der Waals surface area (Å²) in [6.07, 6.45) is -27.6. The molecule has 4 saturated carbocycles. The molecule has 14 rings (SSSR count). The van der Waals surface area contributed by atoms with Crippen LogP contribution in [-0.2, 0) is 86.2 Å². The number of ether oxygens (including phenoxy) is 3. The first-order valence-electron chi connectivity index (χ1n) is 36.6. The predicted molar refractivity (Wildman–Crippen MR) is 429 cm³/mol. The Morgan fingerprint density at radius 2 is 0.615 bits per heavy atom. The van der Waals surface area contributed by atoms with Crippen LogP contribution in [0.5, 0.6) is 0 Å². The largest absolute Gasteiger partial charge is 0.743 e. The third-order valence-corrected chi connectivity index (χ3v) is 28.4. The van der Waals surface area contributed by atoms with Crippen molar-refractivity contribution in [2.24, 2.45) is 23.2 Å². The summed E-state index contributed by atoms with van der Waals surface area (Å²) in [5.74, 6) is -4.88. The highest BCUT2D eigenvalue weighted by Crippen LogP contribution is 2.61. The van der Waals surface area contributed by atoms with Gasteiger partial charge in [-0.1, -0.05) is 180 Å². The summed E-state index contributed by atoms with van der Waals surface area (Å²) < 4.78 is 296. The van der Waals surface area contributed by atoms with Crippen molar-refractivity contribution in [3.8, 4) is 4.90 Å². The van der Waals surface area contributed by atoms with Crippen molar-refractivity contribution in [3.05, 3.63) is 285 Å². The van der Waals surface area contributed by atoms with E-state index in [1.807, 2.05) is 0 Å². The van der Waals surface area contributed by atoms with E-state index in [0.717, 1.165) is 33.1 Å². The zero-order valence-electron chi connectivity index (χ0n) is 65.1. The molecule has 15 nitrogen and oxygen atoms in total. The molecule has 1 heterocycles. The van der Waals surface area contributed by atoms with Crippen molar-refractivity contribution in [2.45, 2.75) is 161 Å². The smallest absolute Gasteiger partial charge is 0.432 e. The minimum absolute atomic E-state index is 0.0146. The van der Waals surface area contributed by atoms with Gasteiger partial charge in [0, 0.05) is 32.4 Å². The fourth-order valence-corrected chi connectivity index (χ4v) is 21.7. The number of esters is 3. The fourth-order valence-electron chi connectivity index (χ4n) is 13.7. The Bertz CT molecular complexity index is 5290. The molecule has 4 bridgehead atoms. The van der Waals surface area contributed by atoms with Crippen molar-refractivity contribution in [3.63, 3.8) is 0 Å². The van der Waals surface area contributed by atoms with Crippen LogP contribution in [0.1, 0.15) is 78.7 Å². The van der Waals surface area contributed by atoms with Crippen LogP contribution in [0.15, 0.2) is 308 Å². The van der Waals surface area contributed by atoms with E-state index in [-0.39, 0.29) is 74.7 Å². The first-order chi connectivity index (χ1) is 56.6. The van der Waals surface area contributed by atoms with Gasteiger partial charge < -0.3 is 27.9 Å². The van der Waals surface area contributed by atoms with Gasteiger partial charge in [-0.15, -0.1) is 0 Å². The topological polar surface area (TPSA) is 250 Å². The highest BCUT2D eigenvalue weighted by Gasteiger charge is 2.67. The molecule has 0 saturated heterocycles. The third kappa shape index (κ3) is 24.5. The van der Waals surface area contributed by atoms with Gasteiger partial charge in [-0.3, -0.25) is 4.79 Å². The molecule has 0 aliphatic heterocycles. The summed E-state index contributed by atoms with van der Waals surface area (Å²) in [4.78, 5) is 43.4. The summed E-state index contributed by atoms with van der Waals surface area (Å²) >= 11 is 0. The zero-order valence-corrected chi connectivity index (χ0v) is 70.0. The minimum Gasteiger partial charge on any atom is -0.743 e. The molecule has 0 N–H and O–H groups in total. The van der Waals surface area contributed by atoms with Crippen molar-refractivity contribution in [2.75, 3.05) is 0 Å². The monoisotopic (exact) mass is 1830 g/mol. The molecule has 1 aromatic heterocycles.